The molecule has 106 valence electrons. The smallest absolute Gasteiger partial charge is 0.433 e. The Morgan fingerprint density at radius 1 is 1.37 bits per heavy atom. The largest absolute Gasteiger partial charge is 0.481 e. The van der Waals surface area contributed by atoms with Crippen LogP contribution in [0.25, 0.3) is 0 Å². The number of hydrogen-bond acceptors (Lipinski definition) is 3. The van der Waals surface area contributed by atoms with Crippen LogP contribution < -0.4 is 4.74 Å². The molecule has 1 aliphatic rings. The summed E-state index contributed by atoms with van der Waals surface area (Å²) in [4.78, 5) is 5.61. The first-order chi connectivity index (χ1) is 8.90. The molecule has 1 atom stereocenters. The third-order valence-electron chi connectivity index (χ3n) is 3.42. The molecule has 1 aromatic rings. The standard InChI is InChI=1S/C13H17F3N2O/c1-18-5-3-4-9(8-18)10-6-11(13(14,15)16)17-12(7-10)19-2/h6-7,9H,3-5,8H2,1-2H3. The van der Waals surface area contributed by atoms with Gasteiger partial charge in [-0.25, -0.2) is 4.98 Å². The fourth-order valence-electron chi connectivity index (χ4n) is 2.45. The van der Waals surface area contributed by atoms with Crippen molar-refractivity contribution in [2.24, 2.45) is 0 Å². The van der Waals surface area contributed by atoms with Gasteiger partial charge in [0.05, 0.1) is 7.11 Å². The van der Waals surface area contributed by atoms with Crippen LogP contribution >= 0.6 is 0 Å². The van der Waals surface area contributed by atoms with Gasteiger partial charge >= 0.3 is 6.18 Å². The molecule has 3 nitrogen and oxygen atoms in total. The molecule has 2 heterocycles. The maximum Gasteiger partial charge on any atom is 0.433 e. The number of rotatable bonds is 2. The number of ether oxygens (including phenoxy) is 1. The van der Waals surface area contributed by atoms with Gasteiger partial charge in [-0.15, -0.1) is 0 Å². The van der Waals surface area contributed by atoms with E-state index in [1.807, 2.05) is 7.05 Å². The summed E-state index contributed by atoms with van der Waals surface area (Å²) in [7, 11) is 3.31. The van der Waals surface area contributed by atoms with E-state index in [1.165, 1.54) is 7.11 Å². The average Bonchev–Trinajstić information content (AvgIpc) is 2.37. The number of piperidine rings is 1. The highest BCUT2D eigenvalue weighted by molar-refractivity contribution is 5.30. The Hall–Kier alpha value is -1.30. The van der Waals surface area contributed by atoms with Crippen LogP contribution in [0.4, 0.5) is 13.2 Å². The number of likely N-dealkylation sites (N-methyl/N-ethyl adjacent to an activating group) is 1. The van der Waals surface area contributed by atoms with Gasteiger partial charge in [-0.2, -0.15) is 13.2 Å². The number of likely N-dealkylation sites (tertiary alicyclic amines) is 1. The third-order valence-corrected chi connectivity index (χ3v) is 3.42. The van der Waals surface area contributed by atoms with Crippen LogP contribution in [0.2, 0.25) is 0 Å². The van der Waals surface area contributed by atoms with Gasteiger partial charge in [0.2, 0.25) is 5.88 Å². The molecule has 0 aliphatic carbocycles. The van der Waals surface area contributed by atoms with Crippen molar-refractivity contribution in [3.8, 4) is 5.88 Å². The molecule has 1 fully saturated rings. The molecule has 1 saturated heterocycles. The van der Waals surface area contributed by atoms with E-state index >= 15 is 0 Å². The predicted octanol–water partition coefficient (Wildman–Crippen LogP) is 2.92. The second-order valence-electron chi connectivity index (χ2n) is 4.93. The maximum atomic E-state index is 12.8. The zero-order chi connectivity index (χ0) is 14.0. The van der Waals surface area contributed by atoms with Crippen molar-refractivity contribution in [2.45, 2.75) is 24.9 Å². The molecule has 6 heteroatoms. The normalized spacial score (nSPS) is 21.4. The van der Waals surface area contributed by atoms with Gasteiger partial charge in [-0.1, -0.05) is 0 Å². The first kappa shape index (κ1) is 14.1. The molecule has 1 unspecified atom stereocenters. The summed E-state index contributed by atoms with van der Waals surface area (Å²) >= 11 is 0. The van der Waals surface area contributed by atoms with Crippen molar-refractivity contribution in [2.75, 3.05) is 27.2 Å². The lowest BCUT2D eigenvalue weighted by Crippen LogP contribution is -2.31. The molecule has 0 aromatic carbocycles. The Balaban J connectivity index is 2.34. The van der Waals surface area contributed by atoms with Gasteiger partial charge in [0.25, 0.3) is 0 Å². The fraction of sp³-hybridized carbons (Fsp3) is 0.615. The van der Waals surface area contributed by atoms with Gasteiger partial charge in [-0.3, -0.25) is 0 Å². The molecule has 1 aliphatic heterocycles. The Kier molecular flexibility index (Phi) is 3.99. The molecule has 0 N–H and O–H groups in total. The minimum absolute atomic E-state index is 0.0260. The Labute approximate surface area is 110 Å². The van der Waals surface area contributed by atoms with Crippen LogP contribution in [0, 0.1) is 0 Å². The summed E-state index contributed by atoms with van der Waals surface area (Å²) < 4.78 is 43.3. The molecule has 0 radical (unpaired) electrons. The van der Waals surface area contributed by atoms with Gasteiger partial charge in [0.15, 0.2) is 0 Å². The van der Waals surface area contributed by atoms with E-state index < -0.39 is 11.9 Å². The Morgan fingerprint density at radius 3 is 2.68 bits per heavy atom. The molecular formula is C13H17F3N2O. The lowest BCUT2D eigenvalue weighted by molar-refractivity contribution is -0.141. The minimum Gasteiger partial charge on any atom is -0.481 e. The molecule has 1 aromatic heterocycles. The molecule has 0 spiro atoms. The summed E-state index contributed by atoms with van der Waals surface area (Å²) in [6.45, 7) is 1.76. The first-order valence-corrected chi connectivity index (χ1v) is 6.22. The van der Waals surface area contributed by atoms with Gasteiger partial charge in [0, 0.05) is 12.6 Å². The average molecular weight is 274 g/mol. The fourth-order valence-corrected chi connectivity index (χ4v) is 2.45. The van der Waals surface area contributed by atoms with Crippen molar-refractivity contribution in [1.82, 2.24) is 9.88 Å². The van der Waals surface area contributed by atoms with Crippen LogP contribution in [-0.4, -0.2) is 37.1 Å². The Bertz CT molecular complexity index is 448. The topological polar surface area (TPSA) is 25.4 Å². The zero-order valence-corrected chi connectivity index (χ0v) is 11.0. The van der Waals surface area contributed by atoms with E-state index in [9.17, 15) is 13.2 Å². The van der Waals surface area contributed by atoms with E-state index in [4.69, 9.17) is 4.74 Å². The second-order valence-corrected chi connectivity index (χ2v) is 4.93. The van der Waals surface area contributed by atoms with Crippen molar-refractivity contribution in [3.05, 3.63) is 23.4 Å². The highest BCUT2D eigenvalue weighted by Crippen LogP contribution is 2.34. The van der Waals surface area contributed by atoms with E-state index in [-0.39, 0.29) is 11.8 Å². The summed E-state index contributed by atoms with van der Waals surface area (Å²) in [6.07, 6.45) is -2.55. The number of alkyl halides is 3. The molecule has 0 amide bonds. The van der Waals surface area contributed by atoms with Crippen LogP contribution in [-0.2, 0) is 6.18 Å². The number of pyridine rings is 1. The van der Waals surface area contributed by atoms with E-state index in [0.717, 1.165) is 32.0 Å². The second kappa shape index (κ2) is 5.36. The summed E-state index contributed by atoms with van der Waals surface area (Å²) in [6, 6.07) is 2.76. The van der Waals surface area contributed by atoms with Crippen LogP contribution in [0.5, 0.6) is 5.88 Å². The summed E-state index contributed by atoms with van der Waals surface area (Å²) in [5.74, 6) is 0.134. The number of aromatic nitrogens is 1. The van der Waals surface area contributed by atoms with Gasteiger partial charge < -0.3 is 9.64 Å². The van der Waals surface area contributed by atoms with Crippen molar-refractivity contribution in [3.63, 3.8) is 0 Å². The number of hydrogen-bond donors (Lipinski definition) is 0. The van der Waals surface area contributed by atoms with Crippen LogP contribution in [0.1, 0.15) is 30.0 Å². The molecule has 19 heavy (non-hydrogen) atoms. The Morgan fingerprint density at radius 2 is 2.11 bits per heavy atom. The van der Waals surface area contributed by atoms with E-state index in [2.05, 4.69) is 9.88 Å². The molecule has 2 rings (SSSR count). The zero-order valence-electron chi connectivity index (χ0n) is 11.0. The first-order valence-electron chi connectivity index (χ1n) is 6.22. The minimum atomic E-state index is -4.44. The van der Waals surface area contributed by atoms with E-state index in [0.29, 0.717) is 5.56 Å². The number of halogens is 3. The van der Waals surface area contributed by atoms with Crippen molar-refractivity contribution in [1.29, 1.82) is 0 Å². The summed E-state index contributed by atoms with van der Waals surface area (Å²) in [5, 5.41) is 0. The highest BCUT2D eigenvalue weighted by atomic mass is 19.4. The molecular weight excluding hydrogens is 257 g/mol. The highest BCUT2D eigenvalue weighted by Gasteiger charge is 2.34. The van der Waals surface area contributed by atoms with Crippen LogP contribution in [0.15, 0.2) is 12.1 Å². The lowest BCUT2D eigenvalue weighted by atomic mass is 9.91. The predicted molar refractivity (Wildman–Crippen MR) is 65.3 cm³/mol. The van der Waals surface area contributed by atoms with Gasteiger partial charge in [-0.05, 0) is 44.0 Å². The lowest BCUT2D eigenvalue weighted by Gasteiger charge is -2.30. The maximum absolute atomic E-state index is 12.8. The quantitative estimate of drug-likeness (QED) is 0.829. The van der Waals surface area contributed by atoms with E-state index in [1.54, 1.807) is 6.07 Å². The molecule has 0 saturated carbocycles. The number of methoxy groups -OCH3 is 1. The summed E-state index contributed by atoms with van der Waals surface area (Å²) in [5.41, 5.74) is -0.221. The SMILES string of the molecule is COc1cc(C2CCCN(C)C2)cc(C(F)(F)F)n1. The molecule has 0 bridgehead atoms. The number of nitrogens with zero attached hydrogens (tertiary/aromatic N) is 2. The van der Waals surface area contributed by atoms with Crippen molar-refractivity contribution < 1.29 is 17.9 Å². The van der Waals surface area contributed by atoms with Crippen molar-refractivity contribution >= 4 is 0 Å². The van der Waals surface area contributed by atoms with Gasteiger partial charge in [0.1, 0.15) is 5.69 Å². The van der Waals surface area contributed by atoms with Crippen LogP contribution in [0.3, 0.4) is 0 Å². The third kappa shape index (κ3) is 3.37. The monoisotopic (exact) mass is 274 g/mol.